The van der Waals surface area contributed by atoms with Crippen molar-refractivity contribution < 1.29 is 9.53 Å². The maximum Gasteiger partial charge on any atom is 0.255 e. The van der Waals surface area contributed by atoms with Crippen LogP contribution in [0, 0.1) is 0 Å². The van der Waals surface area contributed by atoms with E-state index in [1.807, 2.05) is 37.2 Å². The number of nitrogens with one attached hydrogen (secondary N) is 1. The lowest BCUT2D eigenvalue weighted by molar-refractivity contribution is 0.0942. The summed E-state index contributed by atoms with van der Waals surface area (Å²) in [6.45, 7) is 1.93. The Morgan fingerprint density at radius 1 is 1.12 bits per heavy atom. The van der Waals surface area contributed by atoms with Crippen molar-refractivity contribution in [1.29, 1.82) is 0 Å². The molecule has 1 N–H and O–H groups in total. The van der Waals surface area contributed by atoms with Crippen LogP contribution < -0.4 is 10.2 Å². The molecule has 1 aromatic carbocycles. The highest BCUT2D eigenvalue weighted by molar-refractivity contribution is 5.98. The molecule has 24 heavy (non-hydrogen) atoms. The van der Waals surface area contributed by atoms with Crippen molar-refractivity contribution in [1.82, 2.24) is 10.3 Å². The van der Waals surface area contributed by atoms with Gasteiger partial charge in [0.05, 0.1) is 12.2 Å². The topological polar surface area (TPSA) is 54.5 Å². The van der Waals surface area contributed by atoms with Crippen LogP contribution in [0.3, 0.4) is 0 Å². The van der Waals surface area contributed by atoms with Crippen molar-refractivity contribution in [2.75, 3.05) is 38.8 Å². The summed E-state index contributed by atoms with van der Waals surface area (Å²) < 4.78 is 5.62. The first-order valence-corrected chi connectivity index (χ1v) is 8.20. The number of carbonyl (C=O) groups excluding carboxylic acids is 1. The number of benzene rings is 1. The van der Waals surface area contributed by atoms with Crippen molar-refractivity contribution in [3.63, 3.8) is 0 Å². The molecule has 0 saturated carbocycles. The van der Waals surface area contributed by atoms with Gasteiger partial charge in [0, 0.05) is 33.4 Å². The van der Waals surface area contributed by atoms with Crippen LogP contribution in [0.1, 0.15) is 22.3 Å². The number of amides is 1. The molecule has 0 aliphatic carbocycles. The second-order valence-corrected chi connectivity index (χ2v) is 5.73. The van der Waals surface area contributed by atoms with Crippen molar-refractivity contribution in [3.05, 3.63) is 59.8 Å². The number of hydrogen-bond donors (Lipinski definition) is 1. The van der Waals surface area contributed by atoms with E-state index in [4.69, 9.17) is 4.74 Å². The van der Waals surface area contributed by atoms with Crippen molar-refractivity contribution >= 4 is 11.7 Å². The fourth-order valence-electron chi connectivity index (χ4n) is 2.34. The van der Waals surface area contributed by atoms with E-state index in [-0.39, 0.29) is 5.91 Å². The summed E-state index contributed by atoms with van der Waals surface area (Å²) >= 11 is 0. The molecule has 0 radical (unpaired) electrons. The van der Waals surface area contributed by atoms with Crippen molar-refractivity contribution in [3.8, 4) is 0 Å². The quantitative estimate of drug-likeness (QED) is 0.719. The zero-order valence-corrected chi connectivity index (χ0v) is 14.4. The molecule has 5 heteroatoms. The Labute approximate surface area is 143 Å². The summed E-state index contributed by atoms with van der Waals surface area (Å²) in [6, 6.07) is 13.8. The minimum atomic E-state index is -0.101. The second kappa shape index (κ2) is 9.67. The summed E-state index contributed by atoms with van der Waals surface area (Å²) in [5, 5.41) is 2.92. The summed E-state index contributed by atoms with van der Waals surface area (Å²) in [6.07, 6.45) is 3.39. The van der Waals surface area contributed by atoms with E-state index in [1.54, 1.807) is 18.3 Å². The van der Waals surface area contributed by atoms with Crippen LogP contribution in [0.5, 0.6) is 0 Å². The summed E-state index contributed by atoms with van der Waals surface area (Å²) in [4.78, 5) is 18.3. The minimum absolute atomic E-state index is 0.101. The zero-order valence-electron chi connectivity index (χ0n) is 14.4. The molecular formula is C19H25N3O2. The number of rotatable bonds is 9. The molecule has 0 spiro atoms. The van der Waals surface area contributed by atoms with Gasteiger partial charge in [-0.15, -0.1) is 0 Å². The van der Waals surface area contributed by atoms with Gasteiger partial charge < -0.3 is 15.0 Å². The minimum Gasteiger partial charge on any atom is -0.381 e. The Kier molecular flexibility index (Phi) is 7.23. The van der Waals surface area contributed by atoms with Crippen LogP contribution in [0.4, 0.5) is 5.82 Å². The molecule has 1 aromatic heterocycles. The van der Waals surface area contributed by atoms with Crippen LogP contribution >= 0.6 is 0 Å². The molecule has 0 unspecified atom stereocenters. The number of aromatic nitrogens is 1. The summed E-state index contributed by atoms with van der Waals surface area (Å²) in [7, 11) is 3.75. The van der Waals surface area contributed by atoms with Crippen molar-refractivity contribution in [2.45, 2.75) is 12.8 Å². The number of ether oxygens (including phenoxy) is 1. The molecule has 0 aliphatic rings. The van der Waals surface area contributed by atoms with Gasteiger partial charge in [-0.25, -0.2) is 4.98 Å². The van der Waals surface area contributed by atoms with Crippen LogP contribution in [0.15, 0.2) is 48.7 Å². The van der Waals surface area contributed by atoms with E-state index in [0.717, 1.165) is 12.8 Å². The molecule has 1 heterocycles. The maximum absolute atomic E-state index is 12.2. The first-order valence-electron chi connectivity index (χ1n) is 8.20. The van der Waals surface area contributed by atoms with Gasteiger partial charge in [-0.05, 0) is 30.5 Å². The van der Waals surface area contributed by atoms with Gasteiger partial charge in [-0.1, -0.05) is 30.3 Å². The standard InChI is InChI=1S/C19H25N3O2/c1-22(2)18-17(10-6-12-20-18)19(23)21-13-7-14-24-15-11-16-8-4-3-5-9-16/h3-6,8-10,12H,7,11,13-15H2,1-2H3,(H,21,23). The van der Waals surface area contributed by atoms with E-state index < -0.39 is 0 Å². The Bertz CT molecular complexity index is 630. The highest BCUT2D eigenvalue weighted by Crippen LogP contribution is 2.13. The highest BCUT2D eigenvalue weighted by atomic mass is 16.5. The molecule has 0 fully saturated rings. The molecule has 0 saturated heterocycles. The predicted molar refractivity (Wildman–Crippen MR) is 96.5 cm³/mol. The van der Waals surface area contributed by atoms with E-state index in [1.165, 1.54) is 5.56 Å². The average Bonchev–Trinajstić information content (AvgIpc) is 2.61. The maximum atomic E-state index is 12.2. The second-order valence-electron chi connectivity index (χ2n) is 5.73. The third-order valence-electron chi connectivity index (χ3n) is 3.58. The van der Waals surface area contributed by atoms with Gasteiger partial charge in [0.25, 0.3) is 5.91 Å². The molecule has 2 rings (SSSR count). The van der Waals surface area contributed by atoms with Gasteiger partial charge >= 0.3 is 0 Å². The van der Waals surface area contributed by atoms with Crippen LogP contribution in [-0.4, -0.2) is 44.7 Å². The highest BCUT2D eigenvalue weighted by Gasteiger charge is 2.12. The van der Waals surface area contributed by atoms with Gasteiger partial charge in [0.2, 0.25) is 0 Å². The van der Waals surface area contributed by atoms with Crippen LogP contribution in [0.2, 0.25) is 0 Å². The summed E-state index contributed by atoms with van der Waals surface area (Å²) in [5.41, 5.74) is 1.87. The van der Waals surface area contributed by atoms with Gasteiger partial charge in [0.1, 0.15) is 5.82 Å². The first kappa shape index (κ1) is 17.9. The van der Waals surface area contributed by atoms with Crippen molar-refractivity contribution in [2.24, 2.45) is 0 Å². The van der Waals surface area contributed by atoms with Crippen LogP contribution in [0.25, 0.3) is 0 Å². The third kappa shape index (κ3) is 5.66. The van der Waals surface area contributed by atoms with Gasteiger partial charge in [-0.2, -0.15) is 0 Å². The van der Waals surface area contributed by atoms with E-state index in [2.05, 4.69) is 22.4 Å². The summed E-state index contributed by atoms with van der Waals surface area (Å²) in [5.74, 6) is 0.574. The number of nitrogens with zero attached hydrogens (tertiary/aromatic N) is 2. The fraction of sp³-hybridized carbons (Fsp3) is 0.368. The Morgan fingerprint density at radius 3 is 2.67 bits per heavy atom. The molecule has 0 aliphatic heterocycles. The fourth-order valence-corrected chi connectivity index (χ4v) is 2.34. The Morgan fingerprint density at radius 2 is 1.92 bits per heavy atom. The SMILES string of the molecule is CN(C)c1ncccc1C(=O)NCCCOCCc1ccccc1. The molecule has 5 nitrogen and oxygen atoms in total. The van der Waals surface area contributed by atoms with E-state index in [0.29, 0.717) is 31.1 Å². The molecule has 1 amide bonds. The van der Waals surface area contributed by atoms with E-state index >= 15 is 0 Å². The third-order valence-corrected chi connectivity index (χ3v) is 3.58. The lowest BCUT2D eigenvalue weighted by atomic mass is 10.2. The first-order chi connectivity index (χ1) is 11.7. The smallest absolute Gasteiger partial charge is 0.255 e. The monoisotopic (exact) mass is 327 g/mol. The lowest BCUT2D eigenvalue weighted by Crippen LogP contribution is -2.27. The number of carbonyl (C=O) groups is 1. The molecule has 0 bridgehead atoms. The van der Waals surface area contributed by atoms with Crippen LogP contribution in [-0.2, 0) is 11.2 Å². The number of pyridine rings is 1. The molecule has 2 aromatic rings. The predicted octanol–water partition coefficient (Wildman–Crippen LogP) is 2.53. The van der Waals surface area contributed by atoms with E-state index in [9.17, 15) is 4.79 Å². The normalized spacial score (nSPS) is 10.4. The molecule has 0 atom stereocenters. The Balaban J connectivity index is 1.63. The van der Waals surface area contributed by atoms with Gasteiger partial charge in [-0.3, -0.25) is 4.79 Å². The molecular weight excluding hydrogens is 302 g/mol. The van der Waals surface area contributed by atoms with Gasteiger partial charge in [0.15, 0.2) is 0 Å². The Hall–Kier alpha value is -2.40. The lowest BCUT2D eigenvalue weighted by Gasteiger charge is -2.15. The zero-order chi connectivity index (χ0) is 17.2. The number of anilines is 1. The largest absolute Gasteiger partial charge is 0.381 e. The molecule has 128 valence electrons. The number of hydrogen-bond acceptors (Lipinski definition) is 4. The average molecular weight is 327 g/mol.